The number of rotatable bonds is 0. The Hall–Kier alpha value is -0.580. The summed E-state index contributed by atoms with van der Waals surface area (Å²) >= 11 is 2.18. The van der Waals surface area contributed by atoms with Crippen molar-refractivity contribution in [1.82, 2.24) is 0 Å². The van der Waals surface area contributed by atoms with E-state index in [0.29, 0.717) is 6.42 Å². The largest absolute Gasteiger partial charge is 0.398 e. The second-order valence-corrected chi connectivity index (χ2v) is 4.08. The van der Waals surface area contributed by atoms with Crippen molar-refractivity contribution >= 4 is 34.1 Å². The molecule has 0 saturated carbocycles. The molecule has 0 amide bonds. The first-order valence-electron chi connectivity index (χ1n) is 3.80. The Labute approximate surface area is 84.3 Å². The molecule has 3 heteroatoms. The molecule has 62 valence electrons. The van der Waals surface area contributed by atoms with Crippen LogP contribution in [0.1, 0.15) is 22.3 Å². The van der Waals surface area contributed by atoms with Crippen molar-refractivity contribution in [2.24, 2.45) is 0 Å². The summed E-state index contributed by atoms with van der Waals surface area (Å²) in [6, 6.07) is 3.77. The lowest BCUT2D eigenvalue weighted by Gasteiger charge is -2.03. The normalized spacial score (nSPS) is 14.9. The molecule has 0 bridgehead atoms. The van der Waals surface area contributed by atoms with Crippen LogP contribution in [0.4, 0.5) is 5.69 Å². The highest BCUT2D eigenvalue weighted by atomic mass is 127. The van der Waals surface area contributed by atoms with E-state index in [0.717, 1.165) is 26.8 Å². The molecular formula is C9H8INO. The predicted octanol–water partition coefficient (Wildman–Crippen LogP) is 2.00. The third-order valence-corrected chi connectivity index (χ3v) is 3.08. The van der Waals surface area contributed by atoms with Gasteiger partial charge in [0.05, 0.1) is 0 Å². The van der Waals surface area contributed by atoms with Crippen molar-refractivity contribution in [3.8, 4) is 0 Å². The zero-order chi connectivity index (χ0) is 8.72. The Morgan fingerprint density at radius 3 is 2.75 bits per heavy atom. The highest BCUT2D eigenvalue weighted by molar-refractivity contribution is 14.1. The van der Waals surface area contributed by atoms with E-state index >= 15 is 0 Å². The molecule has 2 nitrogen and oxygen atoms in total. The molecular weight excluding hydrogens is 265 g/mol. The zero-order valence-corrected chi connectivity index (χ0v) is 8.59. The smallest absolute Gasteiger partial charge is 0.164 e. The molecule has 12 heavy (non-hydrogen) atoms. The minimum absolute atomic E-state index is 0.238. The third-order valence-electron chi connectivity index (χ3n) is 2.18. The molecule has 1 aromatic carbocycles. The first-order valence-corrected chi connectivity index (χ1v) is 4.88. The van der Waals surface area contributed by atoms with E-state index in [-0.39, 0.29) is 5.78 Å². The summed E-state index contributed by atoms with van der Waals surface area (Å²) in [6.45, 7) is 0. The van der Waals surface area contributed by atoms with Gasteiger partial charge in [0.25, 0.3) is 0 Å². The molecule has 0 fully saturated rings. The minimum atomic E-state index is 0.238. The molecule has 0 radical (unpaired) electrons. The van der Waals surface area contributed by atoms with Crippen LogP contribution in [0.15, 0.2) is 12.1 Å². The maximum atomic E-state index is 11.4. The summed E-state index contributed by atoms with van der Waals surface area (Å²) in [5, 5.41) is 0. The summed E-state index contributed by atoms with van der Waals surface area (Å²) in [4.78, 5) is 11.4. The van der Waals surface area contributed by atoms with Crippen LogP contribution in [0.2, 0.25) is 0 Å². The first-order chi connectivity index (χ1) is 5.70. The summed E-state index contributed by atoms with van der Waals surface area (Å²) in [5.41, 5.74) is 8.41. The van der Waals surface area contributed by atoms with Gasteiger partial charge in [0.15, 0.2) is 5.78 Å². The molecule has 1 aliphatic carbocycles. The number of carbonyl (C=O) groups is 1. The quantitative estimate of drug-likeness (QED) is 0.580. The number of carbonyl (C=O) groups excluding carboxylic acids is 1. The lowest BCUT2D eigenvalue weighted by atomic mass is 10.1. The fourth-order valence-corrected chi connectivity index (χ4v) is 2.38. The summed E-state index contributed by atoms with van der Waals surface area (Å²) in [5.74, 6) is 0.238. The summed E-state index contributed by atoms with van der Waals surface area (Å²) < 4.78 is 1.03. The Morgan fingerprint density at radius 1 is 1.33 bits per heavy atom. The maximum absolute atomic E-state index is 11.4. The molecule has 0 aliphatic heterocycles. The standard InChI is InChI=1S/C9H8INO/c10-6-2-3-7(11)5-1-4-8(12)9(5)6/h2-3H,1,4,11H2. The molecule has 0 atom stereocenters. The minimum Gasteiger partial charge on any atom is -0.398 e. The van der Waals surface area contributed by atoms with Crippen molar-refractivity contribution in [2.45, 2.75) is 12.8 Å². The van der Waals surface area contributed by atoms with Gasteiger partial charge in [-0.3, -0.25) is 4.79 Å². The molecule has 0 saturated heterocycles. The average Bonchev–Trinajstić information content (AvgIpc) is 2.42. The van der Waals surface area contributed by atoms with Gasteiger partial charge >= 0.3 is 0 Å². The highest BCUT2D eigenvalue weighted by Gasteiger charge is 2.23. The van der Waals surface area contributed by atoms with Gasteiger partial charge in [-0.2, -0.15) is 0 Å². The number of fused-ring (bicyclic) bond motifs is 1. The number of ketones is 1. The molecule has 1 aliphatic rings. The van der Waals surface area contributed by atoms with Crippen molar-refractivity contribution in [1.29, 1.82) is 0 Å². The summed E-state index contributed by atoms with van der Waals surface area (Å²) in [6.07, 6.45) is 1.44. The second-order valence-electron chi connectivity index (χ2n) is 2.91. The molecule has 0 aromatic heterocycles. The van der Waals surface area contributed by atoms with Gasteiger partial charge in [-0.15, -0.1) is 0 Å². The zero-order valence-electron chi connectivity index (χ0n) is 6.43. The topological polar surface area (TPSA) is 43.1 Å². The van der Waals surface area contributed by atoms with Crippen LogP contribution < -0.4 is 5.73 Å². The Bertz CT molecular complexity index is 360. The number of benzene rings is 1. The number of hydrogen-bond acceptors (Lipinski definition) is 2. The van der Waals surface area contributed by atoms with Crippen LogP contribution in [0.5, 0.6) is 0 Å². The fraction of sp³-hybridized carbons (Fsp3) is 0.222. The van der Waals surface area contributed by atoms with E-state index in [1.807, 2.05) is 12.1 Å². The van der Waals surface area contributed by atoms with E-state index in [1.165, 1.54) is 0 Å². The highest BCUT2D eigenvalue weighted by Crippen LogP contribution is 2.30. The molecule has 0 spiro atoms. The number of anilines is 1. The average molecular weight is 273 g/mol. The van der Waals surface area contributed by atoms with Crippen molar-refractivity contribution in [2.75, 3.05) is 5.73 Å². The number of nitrogen functional groups attached to an aromatic ring is 1. The van der Waals surface area contributed by atoms with E-state index in [4.69, 9.17) is 5.73 Å². The lowest BCUT2D eigenvalue weighted by Crippen LogP contribution is -1.98. The van der Waals surface area contributed by atoms with Crippen LogP contribution in [0.3, 0.4) is 0 Å². The Morgan fingerprint density at radius 2 is 2.08 bits per heavy atom. The number of hydrogen-bond donors (Lipinski definition) is 1. The molecule has 2 rings (SSSR count). The van der Waals surface area contributed by atoms with Crippen LogP contribution >= 0.6 is 22.6 Å². The molecule has 0 unspecified atom stereocenters. The Kier molecular flexibility index (Phi) is 1.83. The third kappa shape index (κ3) is 1.03. The SMILES string of the molecule is Nc1ccc(I)c2c1CCC2=O. The van der Waals surface area contributed by atoms with Gasteiger partial charge in [0, 0.05) is 21.2 Å². The molecule has 0 heterocycles. The van der Waals surface area contributed by atoms with E-state index in [2.05, 4.69) is 22.6 Å². The number of nitrogens with two attached hydrogens (primary N) is 1. The number of Topliss-reactive ketones (excluding diaryl/α,β-unsaturated/α-hetero) is 1. The predicted molar refractivity (Wildman–Crippen MR) is 56.2 cm³/mol. The maximum Gasteiger partial charge on any atom is 0.164 e. The van der Waals surface area contributed by atoms with Crippen LogP contribution in [0, 0.1) is 3.57 Å². The van der Waals surface area contributed by atoms with Gasteiger partial charge in [0.2, 0.25) is 0 Å². The van der Waals surface area contributed by atoms with E-state index < -0.39 is 0 Å². The van der Waals surface area contributed by atoms with Gasteiger partial charge < -0.3 is 5.73 Å². The van der Waals surface area contributed by atoms with Crippen LogP contribution in [-0.4, -0.2) is 5.78 Å². The van der Waals surface area contributed by atoms with Crippen molar-refractivity contribution in [3.63, 3.8) is 0 Å². The number of halogens is 1. The van der Waals surface area contributed by atoms with Gasteiger partial charge in [0.1, 0.15) is 0 Å². The van der Waals surface area contributed by atoms with E-state index in [1.54, 1.807) is 0 Å². The second kappa shape index (κ2) is 2.73. The van der Waals surface area contributed by atoms with Gasteiger partial charge in [-0.1, -0.05) is 0 Å². The first kappa shape index (κ1) is 8.04. The van der Waals surface area contributed by atoms with E-state index in [9.17, 15) is 4.79 Å². The van der Waals surface area contributed by atoms with Crippen molar-refractivity contribution in [3.05, 3.63) is 26.8 Å². The Balaban J connectivity index is 2.72. The van der Waals surface area contributed by atoms with Crippen molar-refractivity contribution < 1.29 is 4.79 Å². The monoisotopic (exact) mass is 273 g/mol. The molecule has 2 N–H and O–H groups in total. The lowest BCUT2D eigenvalue weighted by molar-refractivity contribution is 0.0994. The van der Waals surface area contributed by atoms with Gasteiger partial charge in [-0.25, -0.2) is 0 Å². The van der Waals surface area contributed by atoms with Gasteiger partial charge in [-0.05, 0) is 46.7 Å². The van der Waals surface area contributed by atoms with Crippen LogP contribution in [0.25, 0.3) is 0 Å². The fourth-order valence-electron chi connectivity index (χ4n) is 1.57. The summed E-state index contributed by atoms with van der Waals surface area (Å²) in [7, 11) is 0. The molecule has 1 aromatic rings. The van der Waals surface area contributed by atoms with Crippen LogP contribution in [-0.2, 0) is 6.42 Å².